The first-order chi connectivity index (χ1) is 21.8. The fraction of sp³-hybridized carbons (Fsp3) is 0.412. The van der Waals surface area contributed by atoms with Gasteiger partial charge in [-0.25, -0.2) is 4.79 Å². The monoisotopic (exact) mass is 662 g/mol. The van der Waals surface area contributed by atoms with Crippen molar-refractivity contribution in [3.63, 3.8) is 0 Å². The molecule has 0 saturated heterocycles. The van der Waals surface area contributed by atoms with Gasteiger partial charge in [-0.05, 0) is 50.8 Å². The second-order valence-corrected chi connectivity index (χ2v) is 11.3. The summed E-state index contributed by atoms with van der Waals surface area (Å²) in [6, 6.07) is 3.15. The lowest BCUT2D eigenvalue weighted by molar-refractivity contribution is -0.136. The lowest BCUT2D eigenvalue weighted by Gasteiger charge is -2.21. The number of ketones is 1. The number of methoxy groups -OCH3 is 1. The Labute approximate surface area is 269 Å². The Morgan fingerprint density at radius 3 is 2.61 bits per heavy atom. The first-order valence-electron chi connectivity index (χ1n) is 14.9. The minimum absolute atomic E-state index is 0.0610. The smallest absolute Gasteiger partial charge is 0.389 e. The predicted molar refractivity (Wildman–Crippen MR) is 171 cm³/mol. The van der Waals surface area contributed by atoms with Crippen LogP contribution in [0.1, 0.15) is 90.3 Å². The molecule has 1 heterocycles. The van der Waals surface area contributed by atoms with Gasteiger partial charge in [-0.3, -0.25) is 9.59 Å². The standard InChI is InChI=1S/C34H37F3O8S/c1-4-10-24-27(16-15-22(20(2)38)30(24)40)44-18-8-6-5-7-11-23(26(39)12-9-17-34(35,36)37)29-31(41)25-14-13-21(46)19-28(25)45-32(29)33(42)43-3/h5-7,11,14-16,19,23,26,39-40H,4,8-10,12-13,17-18H2,1-3H3/b6-5-,11-7+/t23-,26-/m1/s1. The van der Waals surface area contributed by atoms with E-state index in [1.807, 2.05) is 6.92 Å². The molecule has 1 aromatic heterocycles. The largest absolute Gasteiger partial charge is 0.507 e. The van der Waals surface area contributed by atoms with Crippen LogP contribution in [0.3, 0.4) is 0 Å². The van der Waals surface area contributed by atoms with E-state index in [1.54, 1.807) is 24.3 Å². The molecule has 2 N–H and O–H groups in total. The van der Waals surface area contributed by atoms with Crippen molar-refractivity contribution < 1.29 is 46.9 Å². The van der Waals surface area contributed by atoms with Crippen molar-refractivity contribution in [2.24, 2.45) is 0 Å². The average Bonchev–Trinajstić information content (AvgIpc) is 2.99. The van der Waals surface area contributed by atoms with E-state index in [2.05, 4.69) is 0 Å². The summed E-state index contributed by atoms with van der Waals surface area (Å²) in [5.41, 5.74) is -0.0230. The van der Waals surface area contributed by atoms with Gasteiger partial charge in [0.1, 0.15) is 16.9 Å². The van der Waals surface area contributed by atoms with E-state index in [0.29, 0.717) is 29.0 Å². The number of ether oxygens (including phenoxy) is 2. The van der Waals surface area contributed by atoms with Gasteiger partial charge in [0.2, 0.25) is 5.76 Å². The van der Waals surface area contributed by atoms with Crippen LogP contribution in [-0.4, -0.2) is 52.8 Å². The summed E-state index contributed by atoms with van der Waals surface area (Å²) in [6.45, 7) is 3.53. The molecule has 46 heavy (non-hydrogen) atoms. The van der Waals surface area contributed by atoms with Crippen LogP contribution < -0.4 is 20.8 Å². The molecule has 0 radical (unpaired) electrons. The van der Waals surface area contributed by atoms with E-state index in [0.717, 1.165) is 13.5 Å². The number of hydrogen-bond donors (Lipinski definition) is 2. The van der Waals surface area contributed by atoms with Gasteiger partial charge in [0.05, 0.1) is 36.2 Å². The Bertz CT molecular complexity index is 1690. The van der Waals surface area contributed by atoms with Gasteiger partial charge in [0, 0.05) is 29.2 Å². The van der Waals surface area contributed by atoms with Crippen molar-refractivity contribution in [3.8, 4) is 11.5 Å². The van der Waals surface area contributed by atoms with Crippen LogP contribution in [0.25, 0.3) is 12.2 Å². The van der Waals surface area contributed by atoms with Crippen LogP contribution >= 0.6 is 12.2 Å². The summed E-state index contributed by atoms with van der Waals surface area (Å²) in [5, 5.41) is 21.7. The number of phenolic OH excluding ortho intramolecular Hbond substituents is 1. The number of halogens is 3. The van der Waals surface area contributed by atoms with Crippen LogP contribution in [0, 0.1) is 0 Å². The fourth-order valence-electron chi connectivity index (χ4n) is 5.07. The number of hydrogen-bond acceptors (Lipinski definition) is 9. The van der Waals surface area contributed by atoms with Gasteiger partial charge in [-0.1, -0.05) is 55.9 Å². The molecule has 0 fully saturated rings. The second kappa shape index (κ2) is 16.5. The SMILES string of the molecule is CCCc1c(OCC/C=C\C=C\[C@@H](c2c(C(=O)OC)oc3c(c2=O)=CCC(=S)C=3)[C@H](O)CCCC(F)(F)F)ccc(C(C)=O)c1O. The van der Waals surface area contributed by atoms with Gasteiger partial charge in [-0.2, -0.15) is 13.2 Å². The summed E-state index contributed by atoms with van der Waals surface area (Å²) in [6.07, 6.45) is 3.48. The number of rotatable bonds is 15. The minimum Gasteiger partial charge on any atom is -0.507 e. The highest BCUT2D eigenvalue weighted by atomic mass is 32.1. The van der Waals surface area contributed by atoms with Gasteiger partial charge >= 0.3 is 12.1 Å². The lowest BCUT2D eigenvalue weighted by Crippen LogP contribution is -2.46. The summed E-state index contributed by atoms with van der Waals surface area (Å²) in [4.78, 5) is 38.6. The Morgan fingerprint density at radius 2 is 1.96 bits per heavy atom. The average molecular weight is 663 g/mol. The number of thiocarbonyl (C=S) groups is 1. The molecular formula is C34H37F3O8S. The van der Waals surface area contributed by atoms with Crippen molar-refractivity contribution in [3.05, 3.63) is 79.7 Å². The topological polar surface area (TPSA) is 123 Å². The van der Waals surface area contributed by atoms with Gasteiger partial charge < -0.3 is 24.1 Å². The maximum absolute atomic E-state index is 13.6. The second-order valence-electron chi connectivity index (χ2n) is 10.8. The Hall–Kier alpha value is -4.03. The molecule has 0 amide bonds. The summed E-state index contributed by atoms with van der Waals surface area (Å²) < 4.78 is 54.9. The number of Topliss-reactive ketones (excluding diaryl/α,β-unsaturated/α-hetero) is 1. The first-order valence-corrected chi connectivity index (χ1v) is 15.3. The van der Waals surface area contributed by atoms with E-state index in [9.17, 15) is 37.8 Å². The molecule has 0 saturated carbocycles. The number of fused-ring (bicyclic) bond motifs is 1. The number of esters is 1. The van der Waals surface area contributed by atoms with E-state index in [-0.39, 0.29) is 52.7 Å². The van der Waals surface area contributed by atoms with Crippen LogP contribution in [-0.2, 0) is 11.2 Å². The third kappa shape index (κ3) is 9.49. The highest BCUT2D eigenvalue weighted by molar-refractivity contribution is 7.81. The van der Waals surface area contributed by atoms with Crippen LogP contribution in [0.4, 0.5) is 13.2 Å². The molecule has 248 valence electrons. The molecule has 0 bridgehead atoms. The number of benzene rings is 1. The number of carbonyl (C=O) groups excluding carboxylic acids is 2. The number of allylic oxidation sites excluding steroid dienone is 2. The molecule has 0 aliphatic heterocycles. The van der Waals surface area contributed by atoms with E-state index < -0.39 is 48.2 Å². The van der Waals surface area contributed by atoms with E-state index in [4.69, 9.17) is 26.1 Å². The molecule has 2 atom stereocenters. The fourth-order valence-corrected chi connectivity index (χ4v) is 5.26. The van der Waals surface area contributed by atoms with Crippen molar-refractivity contribution in [1.29, 1.82) is 0 Å². The molecular weight excluding hydrogens is 625 g/mol. The highest BCUT2D eigenvalue weighted by Crippen LogP contribution is 2.33. The molecule has 2 aromatic rings. The summed E-state index contributed by atoms with van der Waals surface area (Å²) in [5.74, 6) is -2.55. The lowest BCUT2D eigenvalue weighted by atomic mass is 9.88. The molecule has 0 unspecified atom stereocenters. The summed E-state index contributed by atoms with van der Waals surface area (Å²) >= 11 is 5.18. The van der Waals surface area contributed by atoms with Crippen molar-refractivity contribution in [2.45, 2.75) is 77.0 Å². The number of aromatic hydroxyl groups is 1. The van der Waals surface area contributed by atoms with Crippen LogP contribution in [0.15, 0.2) is 45.6 Å². The predicted octanol–water partition coefficient (Wildman–Crippen LogP) is 5.38. The molecule has 1 aliphatic carbocycles. The first kappa shape index (κ1) is 36.4. The van der Waals surface area contributed by atoms with Crippen molar-refractivity contribution in [1.82, 2.24) is 0 Å². The molecule has 1 aliphatic rings. The zero-order valence-electron chi connectivity index (χ0n) is 25.8. The quantitative estimate of drug-likeness (QED) is 0.0851. The third-order valence-corrected chi connectivity index (χ3v) is 7.60. The maximum atomic E-state index is 13.6. The normalized spacial score (nSPS) is 14.5. The molecule has 12 heteroatoms. The number of aliphatic hydroxyl groups is 1. The zero-order valence-corrected chi connectivity index (χ0v) is 26.6. The van der Waals surface area contributed by atoms with E-state index in [1.165, 1.54) is 31.2 Å². The molecule has 1 aromatic carbocycles. The maximum Gasteiger partial charge on any atom is 0.389 e. The van der Waals surface area contributed by atoms with Crippen molar-refractivity contribution >= 4 is 41.0 Å². The zero-order chi connectivity index (χ0) is 34.0. The van der Waals surface area contributed by atoms with Gasteiger partial charge in [-0.15, -0.1) is 0 Å². The Balaban J connectivity index is 1.87. The van der Waals surface area contributed by atoms with Crippen molar-refractivity contribution in [2.75, 3.05) is 13.7 Å². The molecule has 3 rings (SSSR count). The van der Waals surface area contributed by atoms with Crippen LogP contribution in [0.5, 0.6) is 11.5 Å². The van der Waals surface area contributed by atoms with Crippen LogP contribution in [0.2, 0.25) is 0 Å². The number of aliphatic hydroxyl groups excluding tert-OH is 1. The number of carbonyl (C=O) groups is 2. The molecule has 8 nitrogen and oxygen atoms in total. The Kier molecular flexibility index (Phi) is 13.1. The van der Waals surface area contributed by atoms with Gasteiger partial charge in [0.25, 0.3) is 0 Å². The molecule has 0 spiro atoms. The number of alkyl halides is 3. The summed E-state index contributed by atoms with van der Waals surface area (Å²) in [7, 11) is 1.09. The van der Waals surface area contributed by atoms with Gasteiger partial charge in [0.15, 0.2) is 11.2 Å². The Morgan fingerprint density at radius 1 is 1.22 bits per heavy atom. The number of phenols is 1. The highest BCUT2D eigenvalue weighted by Gasteiger charge is 2.32. The minimum atomic E-state index is -4.42. The third-order valence-electron chi connectivity index (χ3n) is 7.32. The van der Waals surface area contributed by atoms with E-state index >= 15 is 0 Å².